The number of fused-ring (bicyclic) bond motifs is 2. The van der Waals surface area contributed by atoms with Gasteiger partial charge in [0.25, 0.3) is 0 Å². The summed E-state index contributed by atoms with van der Waals surface area (Å²) in [4.78, 5) is 61.9. The smallest absolute Gasteiger partial charge is 0.313 e. The van der Waals surface area contributed by atoms with Crippen LogP contribution in [-0.2, 0) is 28.7 Å². The predicted molar refractivity (Wildman–Crippen MR) is 178 cm³/mol. The first-order valence-electron chi connectivity index (χ1n) is 16.6. The van der Waals surface area contributed by atoms with Crippen LogP contribution in [0, 0.1) is 11.8 Å². The van der Waals surface area contributed by atoms with E-state index in [1.54, 1.807) is 53.3 Å². The number of allylic oxidation sites excluding steroid dienone is 1. The van der Waals surface area contributed by atoms with E-state index in [0.717, 1.165) is 24.8 Å². The highest BCUT2D eigenvalue weighted by Gasteiger charge is 2.74. The fourth-order valence-corrected chi connectivity index (χ4v) is 7.70. The molecule has 0 N–H and O–H groups in total. The van der Waals surface area contributed by atoms with Crippen molar-refractivity contribution in [2.75, 3.05) is 25.0 Å². The van der Waals surface area contributed by atoms with Gasteiger partial charge < -0.3 is 19.3 Å². The maximum absolute atomic E-state index is 14.8. The molecule has 47 heavy (non-hydrogen) atoms. The number of hydrogen-bond donors (Lipinski definition) is 0. The number of halogens is 1. The summed E-state index contributed by atoms with van der Waals surface area (Å²) in [5.41, 5.74) is -0.266. The zero-order valence-electron chi connectivity index (χ0n) is 27.1. The minimum absolute atomic E-state index is 0.0888. The number of anilines is 1. The second-order valence-corrected chi connectivity index (χ2v) is 13.3. The van der Waals surface area contributed by atoms with Crippen molar-refractivity contribution in [2.45, 2.75) is 75.8 Å². The Hall–Kier alpha value is -3.95. The van der Waals surface area contributed by atoms with Crippen LogP contribution in [0.15, 0.2) is 78.9 Å². The zero-order chi connectivity index (χ0) is 33.3. The lowest BCUT2D eigenvalue weighted by molar-refractivity contribution is -0.163. The summed E-state index contributed by atoms with van der Waals surface area (Å²) >= 11 is 6.69. The minimum atomic E-state index is -1.39. The molecule has 9 nitrogen and oxygen atoms in total. The Balaban J connectivity index is 1.46. The van der Waals surface area contributed by atoms with Gasteiger partial charge in [-0.15, -0.1) is 0 Å². The average Bonchev–Trinajstić information content (AvgIpc) is 3.72. The second-order valence-electron chi connectivity index (χ2n) is 12.9. The van der Waals surface area contributed by atoms with Crippen LogP contribution in [0.5, 0.6) is 0 Å². The van der Waals surface area contributed by atoms with E-state index in [1.165, 1.54) is 4.90 Å². The molecule has 0 aliphatic carbocycles. The van der Waals surface area contributed by atoms with Gasteiger partial charge in [-0.1, -0.05) is 98.1 Å². The first kappa shape index (κ1) is 33.0. The van der Waals surface area contributed by atoms with Crippen LogP contribution in [0.4, 0.5) is 5.69 Å². The molecule has 3 amide bonds. The molecule has 4 heterocycles. The van der Waals surface area contributed by atoms with Crippen LogP contribution in [0.25, 0.3) is 0 Å². The van der Waals surface area contributed by atoms with Crippen molar-refractivity contribution >= 4 is 41.0 Å². The maximum atomic E-state index is 14.8. The summed E-state index contributed by atoms with van der Waals surface area (Å²) in [6.45, 7) is 4.74. The fourth-order valence-electron chi connectivity index (χ4n) is 7.47. The van der Waals surface area contributed by atoms with E-state index >= 15 is 0 Å². The van der Waals surface area contributed by atoms with E-state index in [1.807, 2.05) is 49.4 Å². The van der Waals surface area contributed by atoms with Crippen molar-refractivity contribution in [3.63, 3.8) is 0 Å². The zero-order valence-corrected chi connectivity index (χ0v) is 27.8. The van der Waals surface area contributed by atoms with Crippen LogP contribution in [-0.4, -0.2) is 77.4 Å². The lowest BCUT2D eigenvalue weighted by Crippen LogP contribution is -2.56. The molecule has 0 saturated carbocycles. The van der Waals surface area contributed by atoms with Gasteiger partial charge in [-0.25, -0.2) is 0 Å². The van der Waals surface area contributed by atoms with Gasteiger partial charge in [0.1, 0.15) is 23.7 Å². The fraction of sp³-hybridized carbons (Fsp3) is 0.459. The molecule has 0 unspecified atom stereocenters. The first-order chi connectivity index (χ1) is 22.7. The van der Waals surface area contributed by atoms with Crippen molar-refractivity contribution in [3.05, 3.63) is 89.5 Å². The van der Waals surface area contributed by atoms with Gasteiger partial charge in [0, 0.05) is 26.6 Å². The number of hydrogen-bond acceptors (Lipinski definition) is 6. The molecule has 4 aliphatic rings. The number of cyclic esters (lactones) is 1. The Bertz CT molecular complexity index is 1580. The second kappa shape index (κ2) is 13.6. The number of nitrogens with zero attached hydrogens (tertiary/aromatic N) is 3. The standard InChI is InChI=1S/C37H42ClN3O6/c1-4-5-13-22-40-23-14-7-10-19-29(42)39(3)24(2)32(25-15-8-6-9-16-25)46-36(45)30-28-20-21-37(47-28)31(30)34(43)41(33(37)35(40)44)27-18-12-11-17-26(27)38/h6-9,11-12,14-18,20-21,24,28,30-33H,4-5,10,13,19,22-23H2,1-3H3/b14-7+/t24-,28+,30-,31-,32+,33+,37-/m1/s1. The maximum Gasteiger partial charge on any atom is 0.313 e. The molecule has 0 radical (unpaired) electrons. The number of amides is 3. The van der Waals surface area contributed by atoms with Crippen LogP contribution in [0.1, 0.15) is 57.6 Å². The number of benzene rings is 2. The highest BCUT2D eigenvalue weighted by Crippen LogP contribution is 2.57. The van der Waals surface area contributed by atoms with Crippen LogP contribution < -0.4 is 4.90 Å². The van der Waals surface area contributed by atoms with Gasteiger partial charge in [-0.05, 0) is 37.5 Å². The summed E-state index contributed by atoms with van der Waals surface area (Å²) in [6, 6.07) is 14.7. The molecule has 2 aromatic carbocycles. The summed E-state index contributed by atoms with van der Waals surface area (Å²) in [5, 5.41) is 0.318. The number of esters is 1. The van der Waals surface area contributed by atoms with E-state index in [4.69, 9.17) is 21.1 Å². The summed E-state index contributed by atoms with van der Waals surface area (Å²) < 4.78 is 12.9. The average molecular weight is 660 g/mol. The van der Waals surface area contributed by atoms with Crippen LogP contribution >= 0.6 is 11.6 Å². The quantitative estimate of drug-likeness (QED) is 0.231. The lowest BCUT2D eigenvalue weighted by atomic mass is 9.74. The minimum Gasteiger partial charge on any atom is -0.455 e. The number of unbranched alkanes of at least 4 members (excludes halogenated alkanes) is 2. The topological polar surface area (TPSA) is 96.5 Å². The third-order valence-corrected chi connectivity index (χ3v) is 10.4. The van der Waals surface area contributed by atoms with Gasteiger partial charge in [0.15, 0.2) is 0 Å². The molecule has 2 saturated heterocycles. The van der Waals surface area contributed by atoms with Gasteiger partial charge in [-0.3, -0.25) is 24.1 Å². The molecule has 7 atom stereocenters. The monoisotopic (exact) mass is 659 g/mol. The lowest BCUT2D eigenvalue weighted by Gasteiger charge is -2.36. The van der Waals surface area contributed by atoms with E-state index in [0.29, 0.717) is 30.2 Å². The summed E-state index contributed by atoms with van der Waals surface area (Å²) in [7, 11) is 1.72. The summed E-state index contributed by atoms with van der Waals surface area (Å²) in [6.07, 6.45) is 9.30. The summed E-state index contributed by atoms with van der Waals surface area (Å²) in [5.74, 6) is -3.40. The Morgan fingerprint density at radius 2 is 1.70 bits per heavy atom. The SMILES string of the molecule is CCCCCN1C/C=C/CCC(=O)N(C)[C@H](C)[C@@H](c2ccccc2)OC(=O)[C@@H]2[C@@H]3C=C[C@]4(O3)[C@H](C1=O)N(c1ccccc1Cl)C(=O)[C@@H]24. The number of carbonyl (C=O) groups is 4. The molecule has 6 rings (SSSR count). The van der Waals surface area contributed by atoms with Crippen molar-refractivity contribution in [2.24, 2.45) is 11.8 Å². The highest BCUT2D eigenvalue weighted by molar-refractivity contribution is 6.34. The van der Waals surface area contributed by atoms with Gasteiger partial charge >= 0.3 is 5.97 Å². The number of likely N-dealkylation sites (N-methyl/N-ethyl adjacent to an activating group) is 1. The van der Waals surface area contributed by atoms with Crippen molar-refractivity contribution in [1.29, 1.82) is 0 Å². The number of rotatable bonds is 6. The van der Waals surface area contributed by atoms with Crippen molar-refractivity contribution < 1.29 is 28.7 Å². The van der Waals surface area contributed by atoms with E-state index < -0.39 is 53.6 Å². The van der Waals surface area contributed by atoms with E-state index in [-0.39, 0.29) is 18.2 Å². The van der Waals surface area contributed by atoms with Crippen molar-refractivity contribution in [1.82, 2.24) is 9.80 Å². The molecular weight excluding hydrogens is 618 g/mol. The Kier molecular flexibility index (Phi) is 9.58. The highest BCUT2D eigenvalue weighted by atomic mass is 35.5. The number of para-hydroxylation sites is 1. The van der Waals surface area contributed by atoms with Crippen molar-refractivity contribution in [3.8, 4) is 0 Å². The van der Waals surface area contributed by atoms with Gasteiger partial charge in [0.2, 0.25) is 17.7 Å². The molecule has 2 fully saturated rings. The molecule has 4 aliphatic heterocycles. The molecular formula is C37H42ClN3O6. The largest absolute Gasteiger partial charge is 0.455 e. The van der Waals surface area contributed by atoms with Crippen LogP contribution in [0.2, 0.25) is 5.02 Å². The van der Waals surface area contributed by atoms with E-state index in [9.17, 15) is 19.2 Å². The molecule has 10 heteroatoms. The molecule has 5 bridgehead atoms. The number of carbonyl (C=O) groups excluding carboxylic acids is 4. The Labute approximate surface area is 281 Å². The Morgan fingerprint density at radius 3 is 2.45 bits per heavy atom. The van der Waals surface area contributed by atoms with Crippen LogP contribution in [0.3, 0.4) is 0 Å². The van der Waals surface area contributed by atoms with E-state index in [2.05, 4.69) is 6.92 Å². The molecule has 2 aromatic rings. The van der Waals surface area contributed by atoms with Gasteiger partial charge in [-0.2, -0.15) is 0 Å². The third-order valence-electron chi connectivity index (χ3n) is 10.1. The Morgan fingerprint density at radius 1 is 0.957 bits per heavy atom. The van der Waals surface area contributed by atoms with Gasteiger partial charge in [0.05, 0.1) is 28.8 Å². The molecule has 248 valence electrons. The molecule has 0 aromatic heterocycles. The normalized spacial score (nSPS) is 31.8. The predicted octanol–water partition coefficient (Wildman–Crippen LogP) is 5.50. The molecule has 1 spiro atoms. The third kappa shape index (κ3) is 5.89. The first-order valence-corrected chi connectivity index (χ1v) is 17.0. The number of ether oxygens (including phenoxy) is 2.